The molecule has 2 aliphatic rings. The Bertz CT molecular complexity index is 893. The third-order valence-electron chi connectivity index (χ3n) is 4.97. The molecule has 2 amide bonds. The Hall–Kier alpha value is -3.22. The minimum atomic E-state index is -0.104. The number of carbonyl (C=O) groups excluding carboxylic acids is 2. The van der Waals surface area contributed by atoms with Crippen LogP contribution >= 0.6 is 0 Å². The highest BCUT2D eigenvalue weighted by atomic mass is 16.5. The van der Waals surface area contributed by atoms with Gasteiger partial charge in [0, 0.05) is 18.2 Å². The quantitative estimate of drug-likeness (QED) is 0.693. The normalized spacial score (nSPS) is 15.3. The van der Waals surface area contributed by atoms with Gasteiger partial charge in [-0.25, -0.2) is 0 Å². The van der Waals surface area contributed by atoms with Crippen LogP contribution in [0.2, 0.25) is 0 Å². The van der Waals surface area contributed by atoms with E-state index in [1.807, 2.05) is 24.3 Å². The van der Waals surface area contributed by atoms with E-state index in [-0.39, 0.29) is 24.3 Å². The third kappa shape index (κ3) is 4.62. The molecule has 0 atom stereocenters. The zero-order chi connectivity index (χ0) is 20.2. The van der Waals surface area contributed by atoms with Gasteiger partial charge >= 0.3 is 0 Å². The summed E-state index contributed by atoms with van der Waals surface area (Å²) < 4.78 is 16.4. The molecule has 1 saturated carbocycles. The van der Waals surface area contributed by atoms with Crippen molar-refractivity contribution in [1.29, 1.82) is 0 Å². The van der Waals surface area contributed by atoms with Crippen LogP contribution in [-0.2, 0) is 9.59 Å². The lowest BCUT2D eigenvalue weighted by atomic mass is 10.2. The van der Waals surface area contributed by atoms with Gasteiger partial charge < -0.3 is 24.4 Å². The lowest BCUT2D eigenvalue weighted by molar-refractivity contribution is -0.121. The maximum Gasteiger partial charge on any atom is 0.265 e. The Morgan fingerprint density at radius 3 is 2.66 bits per heavy atom. The number of carbonyl (C=O) groups is 2. The van der Waals surface area contributed by atoms with Crippen LogP contribution in [0.5, 0.6) is 17.2 Å². The van der Waals surface area contributed by atoms with E-state index in [1.165, 1.54) is 0 Å². The monoisotopic (exact) mass is 396 g/mol. The maximum absolute atomic E-state index is 12.4. The first kappa shape index (κ1) is 19.1. The number of rotatable bonds is 8. The minimum absolute atomic E-state index is 0.0140. The highest BCUT2D eigenvalue weighted by Gasteiger charge is 2.30. The highest BCUT2D eigenvalue weighted by molar-refractivity contribution is 6.00. The molecule has 0 saturated heterocycles. The first-order valence-electron chi connectivity index (χ1n) is 9.79. The molecule has 0 aromatic heterocycles. The predicted octanol–water partition coefficient (Wildman–Crippen LogP) is 3.24. The lowest BCUT2D eigenvalue weighted by Gasteiger charge is -2.30. The fourth-order valence-corrected chi connectivity index (χ4v) is 3.20. The molecule has 2 aromatic rings. The number of nitrogens with one attached hydrogen (secondary N) is 1. The van der Waals surface area contributed by atoms with Crippen molar-refractivity contribution in [2.24, 2.45) is 5.92 Å². The Morgan fingerprint density at radius 2 is 1.93 bits per heavy atom. The van der Waals surface area contributed by atoms with Crippen molar-refractivity contribution in [3.8, 4) is 17.2 Å². The van der Waals surface area contributed by atoms with Crippen LogP contribution in [0.4, 0.5) is 11.4 Å². The largest absolute Gasteiger partial charge is 0.497 e. The summed E-state index contributed by atoms with van der Waals surface area (Å²) in [5, 5.41) is 2.92. The van der Waals surface area contributed by atoms with E-state index in [2.05, 4.69) is 5.32 Å². The third-order valence-corrected chi connectivity index (χ3v) is 4.97. The van der Waals surface area contributed by atoms with Crippen molar-refractivity contribution >= 4 is 23.2 Å². The molecule has 152 valence electrons. The van der Waals surface area contributed by atoms with Gasteiger partial charge in [-0.1, -0.05) is 0 Å². The number of anilines is 2. The Labute approximate surface area is 169 Å². The van der Waals surface area contributed by atoms with E-state index in [1.54, 1.807) is 30.2 Å². The van der Waals surface area contributed by atoms with Crippen LogP contribution in [-0.4, -0.2) is 38.7 Å². The number of benzene rings is 2. The molecule has 0 bridgehead atoms. The molecule has 1 fully saturated rings. The molecule has 4 rings (SSSR count). The highest BCUT2D eigenvalue weighted by Crippen LogP contribution is 2.36. The summed E-state index contributed by atoms with van der Waals surface area (Å²) >= 11 is 0. The van der Waals surface area contributed by atoms with E-state index in [9.17, 15) is 9.59 Å². The van der Waals surface area contributed by atoms with Gasteiger partial charge in [0.1, 0.15) is 17.2 Å². The summed E-state index contributed by atoms with van der Waals surface area (Å²) in [6, 6.07) is 12.8. The van der Waals surface area contributed by atoms with Gasteiger partial charge in [-0.3, -0.25) is 9.59 Å². The van der Waals surface area contributed by atoms with E-state index in [0.717, 1.165) is 24.3 Å². The van der Waals surface area contributed by atoms with Crippen molar-refractivity contribution in [2.45, 2.75) is 19.3 Å². The molecule has 0 unspecified atom stereocenters. The fraction of sp³-hybridized carbons (Fsp3) is 0.364. The number of methoxy groups -OCH3 is 1. The Balaban J connectivity index is 1.36. The lowest BCUT2D eigenvalue weighted by Crippen LogP contribution is -2.39. The van der Waals surface area contributed by atoms with E-state index >= 15 is 0 Å². The molecule has 2 aromatic carbocycles. The van der Waals surface area contributed by atoms with Gasteiger partial charge in [0.2, 0.25) is 5.91 Å². The second-order valence-corrected chi connectivity index (χ2v) is 7.16. The van der Waals surface area contributed by atoms with Crippen molar-refractivity contribution in [3.05, 3.63) is 42.5 Å². The summed E-state index contributed by atoms with van der Waals surface area (Å²) in [5.74, 6) is 2.22. The molecular formula is C22H24N2O5. The fourth-order valence-electron chi connectivity index (χ4n) is 3.20. The van der Waals surface area contributed by atoms with E-state index in [4.69, 9.17) is 14.2 Å². The van der Waals surface area contributed by atoms with Gasteiger partial charge in [-0.2, -0.15) is 0 Å². The SMILES string of the molecule is COc1ccc(OCCCN2C(=O)COc3ccc(NC(=O)C4CC4)cc32)cc1. The van der Waals surface area contributed by atoms with Crippen LogP contribution in [0, 0.1) is 5.92 Å². The van der Waals surface area contributed by atoms with Crippen LogP contribution in [0.15, 0.2) is 42.5 Å². The second kappa shape index (κ2) is 8.43. The van der Waals surface area contributed by atoms with Gasteiger partial charge in [0.15, 0.2) is 6.61 Å². The van der Waals surface area contributed by atoms with Gasteiger partial charge in [-0.15, -0.1) is 0 Å². The number of nitrogens with zero attached hydrogens (tertiary/aromatic N) is 1. The first-order valence-corrected chi connectivity index (χ1v) is 9.79. The summed E-state index contributed by atoms with van der Waals surface area (Å²) in [5.41, 5.74) is 1.36. The number of ether oxygens (including phenoxy) is 3. The molecule has 7 nitrogen and oxygen atoms in total. The zero-order valence-corrected chi connectivity index (χ0v) is 16.3. The average molecular weight is 396 g/mol. The summed E-state index contributed by atoms with van der Waals surface area (Å²) in [7, 11) is 1.62. The first-order chi connectivity index (χ1) is 14.1. The molecule has 1 heterocycles. The average Bonchev–Trinajstić information content (AvgIpc) is 3.58. The molecule has 0 spiro atoms. The number of hydrogen-bond donors (Lipinski definition) is 1. The Kier molecular flexibility index (Phi) is 5.55. The van der Waals surface area contributed by atoms with Crippen molar-refractivity contribution in [2.75, 3.05) is 37.1 Å². The van der Waals surface area contributed by atoms with Crippen molar-refractivity contribution in [1.82, 2.24) is 0 Å². The molecule has 1 N–H and O–H groups in total. The zero-order valence-electron chi connectivity index (χ0n) is 16.3. The molecule has 7 heteroatoms. The standard InChI is InChI=1S/C22H24N2O5/c1-27-17-6-8-18(9-7-17)28-12-2-11-24-19-13-16(23-22(26)15-3-4-15)5-10-20(19)29-14-21(24)25/h5-10,13,15H,2-4,11-12,14H2,1H3,(H,23,26). The van der Waals surface area contributed by atoms with Gasteiger partial charge in [-0.05, 0) is 61.7 Å². The number of fused-ring (bicyclic) bond motifs is 1. The minimum Gasteiger partial charge on any atom is -0.497 e. The van der Waals surface area contributed by atoms with Gasteiger partial charge in [0.05, 0.1) is 19.4 Å². The number of amides is 2. The predicted molar refractivity (Wildman–Crippen MR) is 109 cm³/mol. The molecule has 1 aliphatic carbocycles. The molecule has 29 heavy (non-hydrogen) atoms. The Morgan fingerprint density at radius 1 is 1.17 bits per heavy atom. The van der Waals surface area contributed by atoms with Crippen LogP contribution in [0.1, 0.15) is 19.3 Å². The summed E-state index contributed by atoms with van der Waals surface area (Å²) in [4.78, 5) is 26.1. The van der Waals surface area contributed by atoms with Crippen molar-refractivity contribution in [3.63, 3.8) is 0 Å². The number of hydrogen-bond acceptors (Lipinski definition) is 5. The molecule has 1 aliphatic heterocycles. The second-order valence-electron chi connectivity index (χ2n) is 7.16. The topological polar surface area (TPSA) is 77.1 Å². The summed E-state index contributed by atoms with van der Waals surface area (Å²) in [6.45, 7) is 0.996. The summed E-state index contributed by atoms with van der Waals surface area (Å²) in [6.07, 6.45) is 2.55. The molecular weight excluding hydrogens is 372 g/mol. The van der Waals surface area contributed by atoms with Gasteiger partial charge in [0.25, 0.3) is 5.91 Å². The van der Waals surface area contributed by atoms with Crippen LogP contribution in [0.3, 0.4) is 0 Å². The van der Waals surface area contributed by atoms with Crippen LogP contribution in [0.25, 0.3) is 0 Å². The van der Waals surface area contributed by atoms with Crippen LogP contribution < -0.4 is 24.4 Å². The van der Waals surface area contributed by atoms with E-state index in [0.29, 0.717) is 36.7 Å². The maximum atomic E-state index is 12.4. The molecule has 0 radical (unpaired) electrons. The van der Waals surface area contributed by atoms with E-state index < -0.39 is 0 Å². The smallest absolute Gasteiger partial charge is 0.265 e. The van der Waals surface area contributed by atoms with Crippen molar-refractivity contribution < 1.29 is 23.8 Å².